The first-order valence-electron chi connectivity index (χ1n) is 9.63. The number of rotatable bonds is 7. The van der Waals surface area contributed by atoms with Gasteiger partial charge >= 0.3 is 0 Å². The first-order valence-corrected chi connectivity index (χ1v) is 9.63. The number of piperazine rings is 1. The number of anilines is 3. The van der Waals surface area contributed by atoms with Crippen molar-refractivity contribution in [2.24, 2.45) is 0 Å². The third-order valence-electron chi connectivity index (χ3n) is 4.75. The molecule has 8 nitrogen and oxygen atoms in total. The summed E-state index contributed by atoms with van der Waals surface area (Å²) in [5.74, 6) is 2.22. The number of benzene rings is 1. The highest BCUT2D eigenvalue weighted by Gasteiger charge is 2.20. The molecule has 0 bridgehead atoms. The molecular formula is C20H24N8. The van der Waals surface area contributed by atoms with E-state index in [-0.39, 0.29) is 0 Å². The number of hydrogen-bond acceptors (Lipinski definition) is 8. The molecule has 0 aliphatic carbocycles. The van der Waals surface area contributed by atoms with Gasteiger partial charge in [-0.05, 0) is 24.5 Å². The standard InChI is InChI=1S/C20H24N8/c1-2-6-17(7-3-1)8-4-9-21-19-25-18(16-24-26-19)27-12-14-28(15-13-27)20-22-10-5-11-23-20/h1-3,5-7,10-11,16H,4,8-9,12-15H2,(H,21,25,26). The molecule has 0 unspecified atom stereocenters. The Hall–Kier alpha value is -3.29. The Balaban J connectivity index is 1.27. The Morgan fingerprint density at radius 3 is 2.43 bits per heavy atom. The van der Waals surface area contributed by atoms with E-state index in [1.165, 1.54) is 5.56 Å². The first kappa shape index (κ1) is 18.1. The molecule has 0 saturated carbocycles. The Bertz CT molecular complexity index is 850. The van der Waals surface area contributed by atoms with Crippen molar-refractivity contribution in [3.8, 4) is 0 Å². The molecule has 1 N–H and O–H groups in total. The van der Waals surface area contributed by atoms with Gasteiger partial charge in [-0.1, -0.05) is 30.3 Å². The van der Waals surface area contributed by atoms with Crippen LogP contribution in [0.15, 0.2) is 55.0 Å². The van der Waals surface area contributed by atoms with Gasteiger partial charge in [-0.15, -0.1) is 5.10 Å². The highest BCUT2D eigenvalue weighted by atomic mass is 15.4. The Labute approximate surface area is 164 Å². The van der Waals surface area contributed by atoms with Crippen LogP contribution < -0.4 is 15.1 Å². The highest BCUT2D eigenvalue weighted by molar-refractivity contribution is 5.43. The largest absolute Gasteiger partial charge is 0.353 e. The maximum absolute atomic E-state index is 4.63. The monoisotopic (exact) mass is 376 g/mol. The second-order valence-corrected chi connectivity index (χ2v) is 6.68. The lowest BCUT2D eigenvalue weighted by atomic mass is 10.1. The molecule has 1 aliphatic rings. The topological polar surface area (TPSA) is 83.0 Å². The van der Waals surface area contributed by atoms with Gasteiger partial charge in [0, 0.05) is 45.1 Å². The van der Waals surface area contributed by atoms with E-state index in [1.54, 1.807) is 18.6 Å². The molecule has 1 aliphatic heterocycles. The van der Waals surface area contributed by atoms with Crippen LogP contribution in [-0.4, -0.2) is 57.9 Å². The minimum absolute atomic E-state index is 0.583. The van der Waals surface area contributed by atoms with Crippen LogP contribution in [0.1, 0.15) is 12.0 Å². The summed E-state index contributed by atoms with van der Waals surface area (Å²) in [6.45, 7) is 4.23. The fourth-order valence-corrected chi connectivity index (χ4v) is 3.25. The number of nitrogens with zero attached hydrogens (tertiary/aromatic N) is 7. The van der Waals surface area contributed by atoms with Crippen molar-refractivity contribution in [1.29, 1.82) is 0 Å². The normalized spacial score (nSPS) is 14.1. The molecule has 1 aromatic carbocycles. The van der Waals surface area contributed by atoms with Gasteiger partial charge in [0.2, 0.25) is 11.9 Å². The molecule has 3 heterocycles. The lowest BCUT2D eigenvalue weighted by molar-refractivity contribution is 0.632. The molecule has 2 aromatic heterocycles. The van der Waals surface area contributed by atoms with E-state index in [2.05, 4.69) is 64.5 Å². The lowest BCUT2D eigenvalue weighted by Crippen LogP contribution is -2.47. The minimum atomic E-state index is 0.583. The van der Waals surface area contributed by atoms with Gasteiger partial charge in [0.1, 0.15) is 0 Å². The van der Waals surface area contributed by atoms with Crippen LogP contribution in [0.5, 0.6) is 0 Å². The van der Waals surface area contributed by atoms with Crippen LogP contribution in [0.3, 0.4) is 0 Å². The maximum Gasteiger partial charge on any atom is 0.244 e. The summed E-state index contributed by atoms with van der Waals surface area (Å²) < 4.78 is 0. The van der Waals surface area contributed by atoms with Gasteiger partial charge in [-0.3, -0.25) is 0 Å². The van der Waals surface area contributed by atoms with Crippen molar-refractivity contribution in [1.82, 2.24) is 25.1 Å². The number of hydrogen-bond donors (Lipinski definition) is 1. The van der Waals surface area contributed by atoms with Gasteiger partial charge in [0.05, 0.1) is 6.20 Å². The molecule has 1 fully saturated rings. The molecule has 8 heteroatoms. The van der Waals surface area contributed by atoms with E-state index >= 15 is 0 Å². The van der Waals surface area contributed by atoms with Crippen molar-refractivity contribution in [2.45, 2.75) is 12.8 Å². The van der Waals surface area contributed by atoms with Crippen LogP contribution >= 0.6 is 0 Å². The van der Waals surface area contributed by atoms with Crippen molar-refractivity contribution in [3.63, 3.8) is 0 Å². The molecule has 0 atom stereocenters. The van der Waals surface area contributed by atoms with E-state index in [0.29, 0.717) is 5.95 Å². The predicted octanol–water partition coefficient (Wildman–Crippen LogP) is 2.03. The maximum atomic E-state index is 4.63. The number of aryl methyl sites for hydroxylation is 1. The third-order valence-corrected chi connectivity index (χ3v) is 4.75. The smallest absolute Gasteiger partial charge is 0.244 e. The van der Waals surface area contributed by atoms with Gasteiger partial charge in [0.25, 0.3) is 0 Å². The second-order valence-electron chi connectivity index (χ2n) is 6.68. The molecule has 1 saturated heterocycles. The van der Waals surface area contributed by atoms with Crippen molar-refractivity contribution in [2.75, 3.05) is 47.8 Å². The van der Waals surface area contributed by atoms with Gasteiger partial charge in [-0.2, -0.15) is 10.1 Å². The predicted molar refractivity (Wildman–Crippen MR) is 110 cm³/mol. The van der Waals surface area contributed by atoms with E-state index < -0.39 is 0 Å². The zero-order valence-corrected chi connectivity index (χ0v) is 15.8. The minimum Gasteiger partial charge on any atom is -0.353 e. The Morgan fingerprint density at radius 2 is 1.64 bits per heavy atom. The summed E-state index contributed by atoms with van der Waals surface area (Å²) in [6.07, 6.45) is 7.33. The lowest BCUT2D eigenvalue weighted by Gasteiger charge is -2.35. The third kappa shape index (κ3) is 4.70. The van der Waals surface area contributed by atoms with Crippen LogP contribution in [-0.2, 0) is 6.42 Å². The fraction of sp³-hybridized carbons (Fsp3) is 0.350. The molecule has 144 valence electrons. The summed E-state index contributed by atoms with van der Waals surface area (Å²) in [5.41, 5.74) is 1.34. The zero-order chi connectivity index (χ0) is 19.0. The van der Waals surface area contributed by atoms with Gasteiger partial charge < -0.3 is 15.1 Å². The molecular weight excluding hydrogens is 352 g/mol. The molecule has 28 heavy (non-hydrogen) atoms. The summed E-state index contributed by atoms with van der Waals surface area (Å²) >= 11 is 0. The van der Waals surface area contributed by atoms with E-state index in [1.807, 2.05) is 12.1 Å². The first-order chi connectivity index (χ1) is 13.9. The molecule has 4 rings (SSSR count). The van der Waals surface area contributed by atoms with Crippen LogP contribution in [0, 0.1) is 0 Å². The second kappa shape index (κ2) is 9.07. The van der Waals surface area contributed by atoms with E-state index in [9.17, 15) is 0 Å². The van der Waals surface area contributed by atoms with Gasteiger partial charge in [-0.25, -0.2) is 9.97 Å². The van der Waals surface area contributed by atoms with Crippen molar-refractivity contribution < 1.29 is 0 Å². The average molecular weight is 376 g/mol. The SMILES string of the molecule is c1ccc(CCCNc2nncc(N3CCN(c4ncccn4)CC3)n2)cc1. The average Bonchev–Trinajstić information content (AvgIpc) is 2.78. The molecule has 3 aromatic rings. The Morgan fingerprint density at radius 1 is 0.893 bits per heavy atom. The van der Waals surface area contributed by atoms with E-state index in [0.717, 1.165) is 57.3 Å². The zero-order valence-electron chi connectivity index (χ0n) is 15.8. The van der Waals surface area contributed by atoms with Crippen LogP contribution in [0.4, 0.5) is 17.7 Å². The summed E-state index contributed by atoms with van der Waals surface area (Å²) in [7, 11) is 0. The number of aromatic nitrogens is 5. The fourth-order valence-electron chi connectivity index (χ4n) is 3.25. The van der Waals surface area contributed by atoms with Crippen LogP contribution in [0.25, 0.3) is 0 Å². The summed E-state index contributed by atoms with van der Waals surface area (Å²) in [6, 6.07) is 12.3. The Kier molecular flexibility index (Phi) is 5.86. The van der Waals surface area contributed by atoms with Gasteiger partial charge in [0.15, 0.2) is 5.82 Å². The highest BCUT2D eigenvalue weighted by Crippen LogP contribution is 2.16. The summed E-state index contributed by atoms with van der Waals surface area (Å²) in [5, 5.41) is 11.5. The molecule has 0 amide bonds. The quantitative estimate of drug-likeness (QED) is 0.627. The van der Waals surface area contributed by atoms with E-state index in [4.69, 9.17) is 0 Å². The summed E-state index contributed by atoms with van der Waals surface area (Å²) in [4.78, 5) is 17.7. The molecule has 0 spiro atoms. The van der Waals surface area contributed by atoms with Crippen molar-refractivity contribution in [3.05, 3.63) is 60.6 Å². The van der Waals surface area contributed by atoms with Crippen molar-refractivity contribution >= 4 is 17.7 Å². The molecule has 0 radical (unpaired) electrons. The van der Waals surface area contributed by atoms with Crippen LogP contribution in [0.2, 0.25) is 0 Å². The number of nitrogens with one attached hydrogen (secondary N) is 1.